The fourth-order valence-electron chi connectivity index (χ4n) is 3.16. The van der Waals surface area contributed by atoms with E-state index in [1.54, 1.807) is 11.4 Å². The van der Waals surface area contributed by atoms with Gasteiger partial charge in [0.05, 0.1) is 11.3 Å². The molecule has 6 nitrogen and oxygen atoms in total. The number of anilines is 1. The molecule has 0 aliphatic heterocycles. The van der Waals surface area contributed by atoms with Gasteiger partial charge in [-0.25, -0.2) is 8.42 Å². The summed E-state index contributed by atoms with van der Waals surface area (Å²) in [5, 5.41) is 15.4. The Morgan fingerprint density at radius 2 is 2.11 bits per heavy atom. The third kappa shape index (κ3) is 4.97. The Bertz CT molecular complexity index is 897. The minimum atomic E-state index is -3.70. The van der Waals surface area contributed by atoms with E-state index < -0.39 is 10.0 Å². The highest BCUT2D eigenvalue weighted by molar-refractivity contribution is 7.99. The number of phenols is 1. The molecule has 146 valence electrons. The average Bonchev–Trinajstić information content (AvgIpc) is 3.17. The molecule has 1 amide bonds. The van der Waals surface area contributed by atoms with Crippen molar-refractivity contribution in [2.24, 2.45) is 0 Å². The van der Waals surface area contributed by atoms with Crippen molar-refractivity contribution in [2.45, 2.75) is 41.2 Å². The van der Waals surface area contributed by atoms with Gasteiger partial charge >= 0.3 is 0 Å². The molecular weight excluding hydrogens is 404 g/mol. The molecule has 9 heteroatoms. The number of hydrogen-bond donors (Lipinski definition) is 3. The Kier molecular flexibility index (Phi) is 6.33. The highest BCUT2D eigenvalue weighted by Crippen LogP contribution is 2.29. The maximum Gasteiger partial charge on any atom is 0.271 e. The Hall–Kier alpha value is -1.71. The Labute approximate surface area is 167 Å². The second-order valence-corrected chi connectivity index (χ2v) is 10.5. The van der Waals surface area contributed by atoms with Crippen molar-refractivity contribution in [3.8, 4) is 5.75 Å². The molecular formula is C18H22N2O4S3. The minimum Gasteiger partial charge on any atom is -0.507 e. The number of thioether (sulfide) groups is 1. The number of nitrogens with one attached hydrogen (secondary N) is 2. The zero-order valence-corrected chi connectivity index (χ0v) is 17.3. The van der Waals surface area contributed by atoms with Gasteiger partial charge in [-0.15, -0.1) is 11.3 Å². The molecule has 0 bridgehead atoms. The maximum absolute atomic E-state index is 12.5. The van der Waals surface area contributed by atoms with Crippen molar-refractivity contribution in [3.05, 3.63) is 41.3 Å². The van der Waals surface area contributed by atoms with Crippen LogP contribution in [0.1, 0.15) is 36.0 Å². The normalized spacial score (nSPS) is 20.2. The van der Waals surface area contributed by atoms with Crippen LogP contribution in [-0.4, -0.2) is 37.0 Å². The van der Waals surface area contributed by atoms with Crippen LogP contribution in [0, 0.1) is 0 Å². The molecule has 1 aromatic carbocycles. The Morgan fingerprint density at radius 3 is 2.78 bits per heavy atom. The van der Waals surface area contributed by atoms with Crippen LogP contribution in [0.4, 0.5) is 5.69 Å². The van der Waals surface area contributed by atoms with Gasteiger partial charge in [0.2, 0.25) is 0 Å². The second kappa shape index (κ2) is 8.53. The van der Waals surface area contributed by atoms with Crippen LogP contribution in [0.25, 0.3) is 0 Å². The molecule has 0 unspecified atom stereocenters. The van der Waals surface area contributed by atoms with Crippen LogP contribution in [0.15, 0.2) is 39.9 Å². The van der Waals surface area contributed by atoms with E-state index in [-0.39, 0.29) is 33.2 Å². The molecule has 0 radical (unpaired) electrons. The van der Waals surface area contributed by atoms with Gasteiger partial charge in [0.15, 0.2) is 0 Å². The summed E-state index contributed by atoms with van der Waals surface area (Å²) in [7, 11) is -3.70. The molecule has 1 fully saturated rings. The van der Waals surface area contributed by atoms with Crippen LogP contribution in [0.3, 0.4) is 0 Å². The number of phenolic OH excluding ortho intramolecular Hbond substituents is 1. The predicted molar refractivity (Wildman–Crippen MR) is 110 cm³/mol. The molecule has 2 atom stereocenters. The smallest absolute Gasteiger partial charge is 0.271 e. The number of sulfonamides is 1. The zero-order chi connectivity index (χ0) is 19.4. The van der Waals surface area contributed by atoms with Gasteiger partial charge in [-0.2, -0.15) is 11.8 Å². The summed E-state index contributed by atoms with van der Waals surface area (Å²) in [5.41, 5.74) is 0.345. The first-order chi connectivity index (χ1) is 12.9. The van der Waals surface area contributed by atoms with E-state index in [1.165, 1.54) is 24.3 Å². The fourth-order valence-corrected chi connectivity index (χ4v) is 6.03. The molecule has 3 rings (SSSR count). The zero-order valence-electron chi connectivity index (χ0n) is 14.8. The first-order valence-corrected chi connectivity index (χ1v) is 12.3. The summed E-state index contributed by atoms with van der Waals surface area (Å²) in [6.07, 6.45) is 6.18. The standard InChI is InChI=1S/C18H22N2O4S3/c1-25-14-5-2-4-12(10-14)19-18(22)15-8-7-13(11-16(15)21)20-27(23,24)17-6-3-9-26-17/h3,6-9,11-12,14,20-21H,2,4-5,10H2,1H3,(H,19,22)/t12-,14+/m0/s1. The van der Waals surface area contributed by atoms with E-state index in [9.17, 15) is 18.3 Å². The average molecular weight is 427 g/mol. The topological polar surface area (TPSA) is 95.5 Å². The Balaban J connectivity index is 1.68. The summed E-state index contributed by atoms with van der Waals surface area (Å²) in [4.78, 5) is 12.5. The maximum atomic E-state index is 12.5. The van der Waals surface area contributed by atoms with Crippen LogP contribution in [0.2, 0.25) is 0 Å². The first kappa shape index (κ1) is 20.0. The van der Waals surface area contributed by atoms with E-state index in [0.29, 0.717) is 5.25 Å². The minimum absolute atomic E-state index is 0.0973. The van der Waals surface area contributed by atoms with Gasteiger partial charge in [-0.1, -0.05) is 12.5 Å². The first-order valence-electron chi connectivity index (χ1n) is 8.62. The lowest BCUT2D eigenvalue weighted by Gasteiger charge is -2.28. The van der Waals surface area contributed by atoms with Gasteiger partial charge in [0, 0.05) is 17.4 Å². The SMILES string of the molecule is CS[C@@H]1CCC[C@H](NC(=O)c2ccc(NS(=O)(=O)c3cccs3)cc2O)C1. The molecule has 0 spiro atoms. The number of hydrogen-bond acceptors (Lipinski definition) is 6. The molecule has 3 N–H and O–H groups in total. The van der Waals surface area contributed by atoms with E-state index >= 15 is 0 Å². The molecule has 1 aliphatic rings. The number of amides is 1. The van der Waals surface area contributed by atoms with Crippen molar-refractivity contribution in [1.82, 2.24) is 5.32 Å². The summed E-state index contributed by atoms with van der Waals surface area (Å²) in [5.74, 6) is -0.594. The van der Waals surface area contributed by atoms with Gasteiger partial charge in [-0.05, 0) is 49.1 Å². The van der Waals surface area contributed by atoms with Gasteiger partial charge in [0.1, 0.15) is 9.96 Å². The largest absolute Gasteiger partial charge is 0.507 e. The number of rotatable bonds is 6. The van der Waals surface area contributed by atoms with E-state index in [4.69, 9.17) is 0 Å². The number of carbonyl (C=O) groups excluding carboxylic acids is 1. The highest BCUT2D eigenvalue weighted by atomic mass is 32.2. The molecule has 27 heavy (non-hydrogen) atoms. The van der Waals surface area contributed by atoms with Crippen molar-refractivity contribution in [2.75, 3.05) is 11.0 Å². The highest BCUT2D eigenvalue weighted by Gasteiger charge is 2.24. The number of benzene rings is 1. The molecule has 1 aromatic heterocycles. The summed E-state index contributed by atoms with van der Waals surface area (Å²) >= 11 is 2.92. The summed E-state index contributed by atoms with van der Waals surface area (Å²) in [6.45, 7) is 0. The van der Waals surface area contributed by atoms with E-state index in [2.05, 4.69) is 16.3 Å². The van der Waals surface area contributed by atoms with Crippen LogP contribution in [0.5, 0.6) is 5.75 Å². The Morgan fingerprint density at radius 1 is 1.30 bits per heavy atom. The van der Waals surface area contributed by atoms with Crippen molar-refractivity contribution in [3.63, 3.8) is 0 Å². The molecule has 2 aromatic rings. The van der Waals surface area contributed by atoms with Gasteiger partial charge < -0.3 is 10.4 Å². The molecule has 0 saturated heterocycles. The number of thiophene rings is 1. The third-order valence-electron chi connectivity index (χ3n) is 4.55. The number of aromatic hydroxyl groups is 1. The predicted octanol–water partition coefficient (Wildman–Crippen LogP) is 3.66. The lowest BCUT2D eigenvalue weighted by molar-refractivity contribution is 0.0926. The van der Waals surface area contributed by atoms with Crippen LogP contribution < -0.4 is 10.0 Å². The number of carbonyl (C=O) groups is 1. The van der Waals surface area contributed by atoms with Crippen molar-refractivity contribution < 1.29 is 18.3 Å². The molecule has 1 saturated carbocycles. The molecule has 1 heterocycles. The molecule has 1 aliphatic carbocycles. The van der Waals surface area contributed by atoms with Gasteiger partial charge in [0.25, 0.3) is 15.9 Å². The van der Waals surface area contributed by atoms with Gasteiger partial charge in [-0.3, -0.25) is 9.52 Å². The summed E-state index contributed by atoms with van der Waals surface area (Å²) in [6, 6.07) is 7.42. The second-order valence-electron chi connectivity index (χ2n) is 6.46. The quantitative estimate of drug-likeness (QED) is 0.655. The van der Waals surface area contributed by atoms with Crippen molar-refractivity contribution in [1.29, 1.82) is 0 Å². The van der Waals surface area contributed by atoms with Crippen LogP contribution in [-0.2, 0) is 10.0 Å². The monoisotopic (exact) mass is 426 g/mol. The lowest BCUT2D eigenvalue weighted by atomic mass is 9.94. The van der Waals surface area contributed by atoms with Crippen molar-refractivity contribution >= 4 is 44.7 Å². The van der Waals surface area contributed by atoms with Crippen LogP contribution >= 0.6 is 23.1 Å². The fraction of sp³-hybridized carbons (Fsp3) is 0.389. The van der Waals surface area contributed by atoms with E-state index in [0.717, 1.165) is 37.0 Å². The summed E-state index contributed by atoms with van der Waals surface area (Å²) < 4.78 is 27.1. The van der Waals surface area contributed by atoms with E-state index in [1.807, 2.05) is 11.8 Å². The lowest BCUT2D eigenvalue weighted by Crippen LogP contribution is -2.39. The third-order valence-corrected chi connectivity index (χ3v) is 8.42.